The van der Waals surface area contributed by atoms with Crippen LogP contribution in [0.25, 0.3) is 11.5 Å². The summed E-state index contributed by atoms with van der Waals surface area (Å²) in [5.74, 6) is -0.721. The monoisotopic (exact) mass is 267 g/mol. The highest BCUT2D eigenvalue weighted by atomic mass is 19.1. The second-order valence-corrected chi connectivity index (χ2v) is 4.21. The highest BCUT2D eigenvalue weighted by Crippen LogP contribution is 2.20. The Morgan fingerprint density at radius 1 is 1.00 bits per heavy atom. The van der Waals surface area contributed by atoms with Gasteiger partial charge in [-0.05, 0) is 24.3 Å². The van der Waals surface area contributed by atoms with Crippen LogP contribution in [-0.4, -0.2) is 10.8 Å². The minimum absolute atomic E-state index is 0.0135. The van der Waals surface area contributed by atoms with Gasteiger partial charge < -0.3 is 4.42 Å². The first kappa shape index (κ1) is 12.3. The third kappa shape index (κ3) is 2.23. The summed E-state index contributed by atoms with van der Waals surface area (Å²) < 4.78 is 18.9. The van der Waals surface area contributed by atoms with E-state index in [2.05, 4.69) is 4.98 Å². The molecule has 0 atom stereocenters. The molecule has 20 heavy (non-hydrogen) atoms. The fraction of sp³-hybridized carbons (Fsp3) is 0. The highest BCUT2D eigenvalue weighted by molar-refractivity contribution is 6.07. The Morgan fingerprint density at radius 2 is 1.70 bits per heavy atom. The molecule has 0 aliphatic carbocycles. The van der Waals surface area contributed by atoms with Gasteiger partial charge in [0.1, 0.15) is 12.1 Å². The lowest BCUT2D eigenvalue weighted by molar-refractivity contribution is 0.103. The number of ketones is 1. The summed E-state index contributed by atoms with van der Waals surface area (Å²) in [7, 11) is 0. The van der Waals surface area contributed by atoms with E-state index in [0.717, 1.165) is 5.56 Å². The van der Waals surface area contributed by atoms with Gasteiger partial charge in [-0.15, -0.1) is 0 Å². The summed E-state index contributed by atoms with van der Waals surface area (Å²) >= 11 is 0. The van der Waals surface area contributed by atoms with Gasteiger partial charge in [-0.2, -0.15) is 0 Å². The first-order valence-corrected chi connectivity index (χ1v) is 6.06. The Hall–Kier alpha value is -2.75. The van der Waals surface area contributed by atoms with Gasteiger partial charge in [0.2, 0.25) is 11.7 Å². The summed E-state index contributed by atoms with van der Waals surface area (Å²) in [6.07, 6.45) is 1.25. The van der Waals surface area contributed by atoms with Crippen molar-refractivity contribution in [2.45, 2.75) is 0 Å². The highest BCUT2D eigenvalue weighted by Gasteiger charge is 2.18. The van der Waals surface area contributed by atoms with Gasteiger partial charge in [0, 0.05) is 5.56 Å². The van der Waals surface area contributed by atoms with Crippen LogP contribution >= 0.6 is 0 Å². The molecule has 0 N–H and O–H groups in total. The number of benzene rings is 2. The van der Waals surface area contributed by atoms with Crippen molar-refractivity contribution in [3.05, 3.63) is 77.9 Å². The number of hydrogen-bond acceptors (Lipinski definition) is 3. The summed E-state index contributed by atoms with van der Waals surface area (Å²) in [5.41, 5.74) is 0.842. The van der Waals surface area contributed by atoms with Gasteiger partial charge in [0.25, 0.3) is 0 Å². The van der Waals surface area contributed by atoms with Crippen LogP contribution in [0.5, 0.6) is 0 Å². The zero-order valence-corrected chi connectivity index (χ0v) is 10.4. The zero-order valence-electron chi connectivity index (χ0n) is 10.4. The van der Waals surface area contributed by atoms with Crippen LogP contribution in [0.15, 0.2) is 65.3 Å². The Bertz CT molecular complexity index is 750. The van der Waals surface area contributed by atoms with Gasteiger partial charge in [-0.1, -0.05) is 30.3 Å². The number of carbonyl (C=O) groups is 1. The second kappa shape index (κ2) is 5.09. The van der Waals surface area contributed by atoms with Crippen LogP contribution in [0.3, 0.4) is 0 Å². The van der Waals surface area contributed by atoms with Crippen molar-refractivity contribution in [1.82, 2.24) is 4.98 Å². The predicted octanol–water partition coefficient (Wildman–Crippen LogP) is 3.71. The summed E-state index contributed by atoms with van der Waals surface area (Å²) in [6.45, 7) is 0. The Labute approximate surface area is 114 Å². The van der Waals surface area contributed by atoms with E-state index in [1.807, 2.05) is 30.3 Å². The van der Waals surface area contributed by atoms with Gasteiger partial charge in [0.15, 0.2) is 5.69 Å². The van der Waals surface area contributed by atoms with E-state index in [4.69, 9.17) is 4.42 Å². The molecule has 1 aromatic heterocycles. The Morgan fingerprint density at radius 3 is 2.45 bits per heavy atom. The number of oxazole rings is 1. The van der Waals surface area contributed by atoms with Crippen LogP contribution in [-0.2, 0) is 0 Å². The molecule has 0 aliphatic rings. The summed E-state index contributed by atoms with van der Waals surface area (Å²) in [6, 6.07) is 15.0. The van der Waals surface area contributed by atoms with Crippen molar-refractivity contribution in [3.8, 4) is 11.5 Å². The van der Waals surface area contributed by atoms with Gasteiger partial charge in [0.05, 0.1) is 5.56 Å². The van der Waals surface area contributed by atoms with E-state index in [0.29, 0.717) is 5.89 Å². The normalized spacial score (nSPS) is 10.4. The molecular formula is C16H10FNO2. The molecule has 2 aromatic carbocycles. The van der Waals surface area contributed by atoms with Crippen molar-refractivity contribution in [2.24, 2.45) is 0 Å². The third-order valence-electron chi connectivity index (χ3n) is 2.88. The second-order valence-electron chi connectivity index (χ2n) is 4.21. The fourth-order valence-corrected chi connectivity index (χ4v) is 1.87. The summed E-state index contributed by atoms with van der Waals surface area (Å²) in [4.78, 5) is 16.3. The van der Waals surface area contributed by atoms with Gasteiger partial charge >= 0.3 is 0 Å². The molecule has 0 unspecified atom stereocenters. The molecule has 0 amide bonds. The molecule has 98 valence electrons. The maximum absolute atomic E-state index is 13.6. The van der Waals surface area contributed by atoms with Crippen LogP contribution in [0.4, 0.5) is 4.39 Å². The van der Waals surface area contributed by atoms with Crippen LogP contribution in [0.1, 0.15) is 16.1 Å². The SMILES string of the molecule is O=C(c1coc(-c2ccccc2)n1)c1ccccc1F. The van der Waals surface area contributed by atoms with E-state index in [9.17, 15) is 9.18 Å². The van der Waals surface area contributed by atoms with E-state index >= 15 is 0 Å². The molecular weight excluding hydrogens is 257 g/mol. The molecule has 0 saturated heterocycles. The molecule has 0 fully saturated rings. The number of carbonyl (C=O) groups excluding carboxylic acids is 1. The molecule has 0 spiro atoms. The molecule has 3 rings (SSSR count). The van der Waals surface area contributed by atoms with E-state index in [1.165, 1.54) is 24.5 Å². The van der Waals surface area contributed by atoms with Crippen molar-refractivity contribution in [1.29, 1.82) is 0 Å². The zero-order chi connectivity index (χ0) is 13.9. The number of halogens is 1. The predicted molar refractivity (Wildman–Crippen MR) is 71.8 cm³/mol. The topological polar surface area (TPSA) is 43.1 Å². The molecule has 3 nitrogen and oxygen atoms in total. The molecule has 0 saturated carbocycles. The van der Waals surface area contributed by atoms with E-state index in [-0.39, 0.29) is 11.3 Å². The molecule has 0 radical (unpaired) electrons. The minimum Gasteiger partial charge on any atom is -0.444 e. The van der Waals surface area contributed by atoms with Crippen molar-refractivity contribution >= 4 is 5.78 Å². The lowest BCUT2D eigenvalue weighted by atomic mass is 10.1. The van der Waals surface area contributed by atoms with Crippen molar-refractivity contribution in [2.75, 3.05) is 0 Å². The quantitative estimate of drug-likeness (QED) is 0.679. The maximum Gasteiger partial charge on any atom is 0.226 e. The molecule has 1 heterocycles. The van der Waals surface area contributed by atoms with E-state index < -0.39 is 11.6 Å². The lowest BCUT2D eigenvalue weighted by Crippen LogP contribution is -2.04. The number of hydrogen-bond donors (Lipinski definition) is 0. The minimum atomic E-state index is -0.568. The number of nitrogens with zero attached hydrogens (tertiary/aromatic N) is 1. The number of rotatable bonds is 3. The van der Waals surface area contributed by atoms with E-state index in [1.54, 1.807) is 6.07 Å². The lowest BCUT2D eigenvalue weighted by Gasteiger charge is -1.98. The average Bonchev–Trinajstić information content (AvgIpc) is 2.98. The summed E-state index contributed by atoms with van der Waals surface area (Å²) in [5, 5.41) is 0. The molecule has 0 bridgehead atoms. The fourth-order valence-electron chi connectivity index (χ4n) is 1.87. The van der Waals surface area contributed by atoms with Crippen molar-refractivity contribution < 1.29 is 13.6 Å². The largest absolute Gasteiger partial charge is 0.444 e. The maximum atomic E-state index is 13.6. The molecule has 3 aromatic rings. The Balaban J connectivity index is 1.95. The smallest absolute Gasteiger partial charge is 0.226 e. The average molecular weight is 267 g/mol. The van der Waals surface area contributed by atoms with Crippen molar-refractivity contribution in [3.63, 3.8) is 0 Å². The first-order valence-electron chi connectivity index (χ1n) is 6.06. The van der Waals surface area contributed by atoms with Crippen LogP contribution in [0.2, 0.25) is 0 Å². The first-order chi connectivity index (χ1) is 9.75. The molecule has 0 aliphatic heterocycles. The van der Waals surface area contributed by atoms with Gasteiger partial charge in [-0.3, -0.25) is 4.79 Å². The number of aromatic nitrogens is 1. The van der Waals surface area contributed by atoms with Gasteiger partial charge in [-0.25, -0.2) is 9.37 Å². The Kier molecular flexibility index (Phi) is 3.13. The third-order valence-corrected chi connectivity index (χ3v) is 2.88. The standard InChI is InChI=1S/C16H10FNO2/c17-13-9-5-4-8-12(13)15(19)14-10-20-16(18-14)11-6-2-1-3-7-11/h1-10H. The van der Waals surface area contributed by atoms with Crippen LogP contribution in [0, 0.1) is 5.82 Å². The molecule has 4 heteroatoms. The van der Waals surface area contributed by atoms with Crippen LogP contribution < -0.4 is 0 Å².